The molecule has 2 rings (SSSR count). The van der Waals surface area contributed by atoms with Crippen LogP contribution in [0.25, 0.3) is 0 Å². The van der Waals surface area contributed by atoms with E-state index in [1.807, 2.05) is 31.4 Å². The maximum atomic E-state index is 13.3. The number of aryl methyl sites for hydroxylation is 1. The quantitative estimate of drug-likeness (QED) is 0.546. The van der Waals surface area contributed by atoms with Crippen LogP contribution in [0.4, 0.5) is 5.69 Å². The number of carbonyl (C=O) groups excluding carboxylic acids is 2. The maximum Gasteiger partial charge on any atom is 0.248 e. The van der Waals surface area contributed by atoms with E-state index < -0.39 is 6.04 Å². The number of anilines is 1. The van der Waals surface area contributed by atoms with Gasteiger partial charge in [-0.05, 0) is 49.1 Å². The lowest BCUT2D eigenvalue weighted by Crippen LogP contribution is -2.48. The van der Waals surface area contributed by atoms with E-state index in [1.54, 1.807) is 18.2 Å². The highest BCUT2D eigenvalue weighted by molar-refractivity contribution is 7.10. The summed E-state index contributed by atoms with van der Waals surface area (Å²) in [4.78, 5) is 28.3. The van der Waals surface area contributed by atoms with E-state index in [9.17, 15) is 9.59 Å². The lowest BCUT2D eigenvalue weighted by Gasteiger charge is -2.31. The Hall–Kier alpha value is -1.60. The summed E-state index contributed by atoms with van der Waals surface area (Å²) in [6.45, 7) is 8.41. The molecule has 158 valence electrons. The summed E-state index contributed by atoms with van der Waals surface area (Å²) in [7, 11) is 0. The second kappa shape index (κ2) is 11.0. The third kappa shape index (κ3) is 6.44. The van der Waals surface area contributed by atoms with Crippen molar-refractivity contribution in [2.75, 3.05) is 17.3 Å². The third-order valence-corrected chi connectivity index (χ3v) is 5.71. The molecule has 2 N–H and O–H groups in total. The Morgan fingerprint density at radius 3 is 2.48 bits per heavy atom. The van der Waals surface area contributed by atoms with Gasteiger partial charge in [-0.25, -0.2) is 0 Å². The van der Waals surface area contributed by atoms with Crippen molar-refractivity contribution < 1.29 is 9.59 Å². The number of hydrogen-bond donors (Lipinski definition) is 2. The van der Waals surface area contributed by atoms with E-state index in [0.717, 1.165) is 10.4 Å². The molecular weight excluding hydrogens is 429 g/mol. The molecule has 1 aromatic heterocycles. The summed E-state index contributed by atoms with van der Waals surface area (Å²) in [6.07, 6.45) is 0. The first-order valence-corrected chi connectivity index (χ1v) is 11.2. The Kier molecular flexibility index (Phi) is 8.96. The summed E-state index contributed by atoms with van der Waals surface area (Å²) >= 11 is 13.4. The number of rotatable bonds is 9. The normalized spacial score (nSPS) is 13.2. The van der Waals surface area contributed by atoms with Crippen LogP contribution in [0.3, 0.4) is 0 Å². The maximum absolute atomic E-state index is 13.3. The molecule has 0 aliphatic heterocycles. The molecule has 0 fully saturated rings. The first kappa shape index (κ1) is 23.7. The molecule has 5 nitrogen and oxygen atoms in total. The molecule has 0 aliphatic rings. The van der Waals surface area contributed by atoms with Crippen molar-refractivity contribution in [3.8, 4) is 0 Å². The zero-order valence-electron chi connectivity index (χ0n) is 17.0. The van der Waals surface area contributed by atoms with Crippen molar-refractivity contribution in [2.45, 2.75) is 45.8 Å². The predicted molar refractivity (Wildman–Crippen MR) is 122 cm³/mol. The van der Waals surface area contributed by atoms with Crippen LogP contribution in [0.1, 0.15) is 37.3 Å². The van der Waals surface area contributed by atoms with E-state index in [0.29, 0.717) is 23.3 Å². The SMILES string of the molecule is Cc1cc(Cl)ccc1N(C(=O)CCl)C(C(=O)NCC(C)NC(C)C)c1cccs1. The van der Waals surface area contributed by atoms with Crippen molar-refractivity contribution in [3.63, 3.8) is 0 Å². The van der Waals surface area contributed by atoms with E-state index in [1.165, 1.54) is 16.2 Å². The van der Waals surface area contributed by atoms with Crippen LogP contribution in [0.5, 0.6) is 0 Å². The summed E-state index contributed by atoms with van der Waals surface area (Å²) in [5, 5.41) is 8.78. The van der Waals surface area contributed by atoms with Crippen molar-refractivity contribution in [3.05, 3.63) is 51.2 Å². The predicted octanol–water partition coefficient (Wildman–Crippen LogP) is 4.53. The van der Waals surface area contributed by atoms with Crippen molar-refractivity contribution in [1.82, 2.24) is 10.6 Å². The summed E-state index contributed by atoms with van der Waals surface area (Å²) in [5.41, 5.74) is 1.40. The Morgan fingerprint density at radius 1 is 1.21 bits per heavy atom. The highest BCUT2D eigenvalue weighted by Gasteiger charge is 2.34. The number of carbonyl (C=O) groups is 2. The molecule has 2 amide bonds. The van der Waals surface area contributed by atoms with Gasteiger partial charge in [0.25, 0.3) is 0 Å². The zero-order valence-corrected chi connectivity index (χ0v) is 19.4. The number of thiophene rings is 1. The van der Waals surface area contributed by atoms with Crippen LogP contribution in [0, 0.1) is 6.92 Å². The highest BCUT2D eigenvalue weighted by atomic mass is 35.5. The molecule has 1 aromatic carbocycles. The lowest BCUT2D eigenvalue weighted by atomic mass is 10.1. The molecule has 2 unspecified atom stereocenters. The van der Waals surface area contributed by atoms with Gasteiger partial charge in [0.2, 0.25) is 11.8 Å². The lowest BCUT2D eigenvalue weighted by molar-refractivity contribution is -0.125. The standard InChI is InChI=1S/C21H27Cl2N3O2S/c1-13(2)25-15(4)12-24-21(28)20(18-6-5-9-29-18)26(19(27)11-22)17-8-7-16(23)10-14(17)3/h5-10,13,15,20,25H,11-12H2,1-4H3,(H,24,28). The van der Waals surface area contributed by atoms with Gasteiger partial charge >= 0.3 is 0 Å². The Morgan fingerprint density at radius 2 is 1.93 bits per heavy atom. The molecule has 8 heteroatoms. The van der Waals surface area contributed by atoms with Gasteiger partial charge in [-0.2, -0.15) is 0 Å². The molecular formula is C21H27Cl2N3O2S. The van der Waals surface area contributed by atoms with Gasteiger partial charge in [-0.3, -0.25) is 14.5 Å². The van der Waals surface area contributed by atoms with Crippen LogP contribution in [-0.4, -0.2) is 36.3 Å². The molecule has 2 atom stereocenters. The summed E-state index contributed by atoms with van der Waals surface area (Å²) in [5.74, 6) is -0.834. The minimum Gasteiger partial charge on any atom is -0.352 e. The molecule has 0 bridgehead atoms. The Balaban J connectivity index is 2.39. The molecule has 1 heterocycles. The average molecular weight is 456 g/mol. The van der Waals surface area contributed by atoms with Gasteiger partial charge in [0.1, 0.15) is 11.9 Å². The van der Waals surface area contributed by atoms with Crippen LogP contribution in [0.2, 0.25) is 5.02 Å². The largest absolute Gasteiger partial charge is 0.352 e. The topological polar surface area (TPSA) is 61.4 Å². The van der Waals surface area contributed by atoms with Gasteiger partial charge in [0.15, 0.2) is 0 Å². The number of alkyl halides is 1. The van der Waals surface area contributed by atoms with Crippen molar-refractivity contribution >= 4 is 52.0 Å². The minimum absolute atomic E-state index is 0.0948. The van der Waals surface area contributed by atoms with Crippen LogP contribution in [-0.2, 0) is 9.59 Å². The minimum atomic E-state index is -0.813. The monoisotopic (exact) mass is 455 g/mol. The Bertz CT molecular complexity index is 827. The van der Waals surface area contributed by atoms with E-state index in [4.69, 9.17) is 23.2 Å². The van der Waals surface area contributed by atoms with Gasteiger partial charge in [-0.15, -0.1) is 22.9 Å². The first-order valence-electron chi connectivity index (χ1n) is 9.46. The van der Waals surface area contributed by atoms with Crippen LogP contribution >= 0.6 is 34.5 Å². The number of hydrogen-bond acceptors (Lipinski definition) is 4. The second-order valence-electron chi connectivity index (χ2n) is 7.21. The van der Waals surface area contributed by atoms with Crippen LogP contribution < -0.4 is 15.5 Å². The van der Waals surface area contributed by atoms with Gasteiger partial charge in [0, 0.05) is 34.2 Å². The number of halogens is 2. The Labute approximate surface area is 186 Å². The molecule has 0 saturated carbocycles. The van der Waals surface area contributed by atoms with Gasteiger partial charge in [0.05, 0.1) is 0 Å². The zero-order chi connectivity index (χ0) is 21.6. The van der Waals surface area contributed by atoms with Crippen molar-refractivity contribution in [2.24, 2.45) is 0 Å². The number of benzene rings is 1. The smallest absolute Gasteiger partial charge is 0.248 e. The van der Waals surface area contributed by atoms with Gasteiger partial charge < -0.3 is 10.6 Å². The summed E-state index contributed by atoms with van der Waals surface area (Å²) in [6, 6.07) is 8.52. The van der Waals surface area contributed by atoms with E-state index >= 15 is 0 Å². The number of amides is 2. The molecule has 29 heavy (non-hydrogen) atoms. The number of nitrogens with one attached hydrogen (secondary N) is 2. The van der Waals surface area contributed by atoms with E-state index in [2.05, 4.69) is 24.5 Å². The fourth-order valence-corrected chi connectivity index (χ4v) is 4.34. The van der Waals surface area contributed by atoms with Crippen molar-refractivity contribution in [1.29, 1.82) is 0 Å². The summed E-state index contributed by atoms with van der Waals surface area (Å²) < 4.78 is 0. The number of nitrogens with zero attached hydrogens (tertiary/aromatic N) is 1. The molecule has 2 aromatic rings. The molecule has 0 spiro atoms. The fourth-order valence-electron chi connectivity index (χ4n) is 3.17. The second-order valence-corrected chi connectivity index (χ2v) is 8.90. The molecule has 0 aliphatic carbocycles. The first-order chi connectivity index (χ1) is 13.7. The average Bonchev–Trinajstić information content (AvgIpc) is 3.18. The van der Waals surface area contributed by atoms with E-state index in [-0.39, 0.29) is 23.7 Å². The van der Waals surface area contributed by atoms with Gasteiger partial charge in [-0.1, -0.05) is 31.5 Å². The molecule has 0 saturated heterocycles. The third-order valence-electron chi connectivity index (χ3n) is 4.32. The van der Waals surface area contributed by atoms with Crippen LogP contribution in [0.15, 0.2) is 35.7 Å². The highest BCUT2D eigenvalue weighted by Crippen LogP contribution is 2.34. The molecule has 0 radical (unpaired) electrons. The fraction of sp³-hybridized carbons (Fsp3) is 0.429.